The van der Waals surface area contributed by atoms with E-state index in [1.807, 2.05) is 0 Å². The van der Waals surface area contributed by atoms with E-state index in [2.05, 4.69) is 38.1 Å². The average Bonchev–Trinajstić information content (AvgIpc) is 2.59. The first kappa shape index (κ1) is 10.0. The van der Waals surface area contributed by atoms with E-state index in [1.165, 1.54) is 24.0 Å². The topological polar surface area (TPSA) is 0 Å². The minimum Gasteiger partial charge on any atom is -0.122 e. The van der Waals surface area contributed by atoms with Gasteiger partial charge < -0.3 is 0 Å². The van der Waals surface area contributed by atoms with E-state index in [1.54, 1.807) is 0 Å². The van der Waals surface area contributed by atoms with Crippen LogP contribution in [0.2, 0.25) is 0 Å². The second-order valence-corrected chi connectivity index (χ2v) is 5.13. The summed E-state index contributed by atoms with van der Waals surface area (Å²) in [6.45, 7) is 4.42. The monoisotopic (exact) mass is 208 g/mol. The van der Waals surface area contributed by atoms with E-state index in [0.29, 0.717) is 17.2 Å². The lowest BCUT2D eigenvalue weighted by Crippen LogP contribution is -2.20. The molecule has 0 bridgehead atoms. The van der Waals surface area contributed by atoms with Gasteiger partial charge in [-0.15, -0.1) is 11.6 Å². The van der Waals surface area contributed by atoms with Crippen LogP contribution < -0.4 is 0 Å². The highest BCUT2D eigenvalue weighted by molar-refractivity contribution is 6.21. The van der Waals surface area contributed by atoms with Crippen LogP contribution in [-0.4, -0.2) is 5.38 Å². The van der Waals surface area contributed by atoms with Crippen LogP contribution in [0.4, 0.5) is 0 Å². The third-order valence-electron chi connectivity index (χ3n) is 3.17. The molecular weight excluding hydrogens is 192 g/mol. The maximum atomic E-state index is 6.41. The first-order valence-electron chi connectivity index (χ1n) is 5.39. The quantitative estimate of drug-likeness (QED) is 0.651. The lowest BCUT2D eigenvalue weighted by atomic mass is 9.94. The minimum atomic E-state index is 0.322. The summed E-state index contributed by atoms with van der Waals surface area (Å²) in [7, 11) is 0. The fourth-order valence-corrected chi connectivity index (χ4v) is 2.54. The first-order chi connectivity index (χ1) is 6.68. The van der Waals surface area contributed by atoms with Crippen LogP contribution >= 0.6 is 11.6 Å². The van der Waals surface area contributed by atoms with Gasteiger partial charge in [-0.2, -0.15) is 0 Å². The Labute approximate surface area is 91.3 Å². The van der Waals surface area contributed by atoms with Crippen molar-refractivity contribution in [1.29, 1.82) is 0 Å². The highest BCUT2D eigenvalue weighted by atomic mass is 35.5. The average molecular weight is 209 g/mol. The SMILES string of the molecule is CC(C)C(Cl)C1Cc2ccccc2C1. The van der Waals surface area contributed by atoms with Gasteiger partial charge in [-0.3, -0.25) is 0 Å². The second-order valence-electron chi connectivity index (χ2n) is 4.63. The zero-order valence-corrected chi connectivity index (χ0v) is 9.59. The molecule has 1 aromatic rings. The van der Waals surface area contributed by atoms with Crippen LogP contribution in [0.15, 0.2) is 24.3 Å². The number of alkyl halides is 1. The van der Waals surface area contributed by atoms with Gasteiger partial charge in [0.2, 0.25) is 0 Å². The maximum absolute atomic E-state index is 6.41. The molecule has 0 heterocycles. The van der Waals surface area contributed by atoms with Crippen molar-refractivity contribution < 1.29 is 0 Å². The molecule has 1 aromatic carbocycles. The molecular formula is C13H17Cl. The highest BCUT2D eigenvalue weighted by Gasteiger charge is 2.28. The highest BCUT2D eigenvalue weighted by Crippen LogP contribution is 2.33. The van der Waals surface area contributed by atoms with Gasteiger partial charge in [-0.1, -0.05) is 38.1 Å². The fraction of sp³-hybridized carbons (Fsp3) is 0.538. The molecule has 0 saturated heterocycles. The van der Waals surface area contributed by atoms with Crippen molar-refractivity contribution in [2.45, 2.75) is 32.1 Å². The van der Waals surface area contributed by atoms with Gasteiger partial charge >= 0.3 is 0 Å². The van der Waals surface area contributed by atoms with Gasteiger partial charge in [-0.25, -0.2) is 0 Å². The van der Waals surface area contributed by atoms with Gasteiger partial charge in [0.15, 0.2) is 0 Å². The number of halogens is 1. The van der Waals surface area contributed by atoms with E-state index in [-0.39, 0.29) is 0 Å². The summed E-state index contributed by atoms with van der Waals surface area (Å²) in [4.78, 5) is 0. The van der Waals surface area contributed by atoms with E-state index in [0.717, 1.165) is 0 Å². The summed E-state index contributed by atoms with van der Waals surface area (Å²) in [6, 6.07) is 8.72. The van der Waals surface area contributed by atoms with Gasteiger partial charge in [0, 0.05) is 5.38 Å². The van der Waals surface area contributed by atoms with E-state index in [9.17, 15) is 0 Å². The molecule has 0 amide bonds. The Hall–Kier alpha value is -0.490. The smallest absolute Gasteiger partial charge is 0.0393 e. The Morgan fingerprint density at radius 3 is 2.07 bits per heavy atom. The summed E-state index contributed by atoms with van der Waals surface area (Å²) in [5.41, 5.74) is 3.01. The molecule has 0 nitrogen and oxygen atoms in total. The van der Waals surface area contributed by atoms with Crippen molar-refractivity contribution in [2.75, 3.05) is 0 Å². The van der Waals surface area contributed by atoms with Crippen LogP contribution in [0.5, 0.6) is 0 Å². The zero-order chi connectivity index (χ0) is 10.1. The molecule has 76 valence electrons. The molecule has 0 aromatic heterocycles. The van der Waals surface area contributed by atoms with Crippen molar-refractivity contribution in [3.63, 3.8) is 0 Å². The van der Waals surface area contributed by atoms with E-state index >= 15 is 0 Å². The van der Waals surface area contributed by atoms with Gasteiger partial charge in [-0.05, 0) is 35.8 Å². The molecule has 1 heteroatoms. The Kier molecular flexibility index (Phi) is 2.83. The first-order valence-corrected chi connectivity index (χ1v) is 5.83. The van der Waals surface area contributed by atoms with Gasteiger partial charge in [0.1, 0.15) is 0 Å². The standard InChI is InChI=1S/C13H17Cl/c1-9(2)13(14)12-7-10-5-3-4-6-11(10)8-12/h3-6,9,12-13H,7-8H2,1-2H3. The van der Waals surface area contributed by atoms with Crippen LogP contribution in [0, 0.1) is 11.8 Å². The van der Waals surface area contributed by atoms with E-state index < -0.39 is 0 Å². The Morgan fingerprint density at radius 2 is 1.64 bits per heavy atom. The predicted octanol–water partition coefficient (Wildman–Crippen LogP) is 3.66. The molecule has 2 rings (SSSR count). The largest absolute Gasteiger partial charge is 0.122 e. The molecule has 0 aliphatic heterocycles. The molecule has 1 aliphatic carbocycles. The van der Waals surface area contributed by atoms with Crippen molar-refractivity contribution in [2.24, 2.45) is 11.8 Å². The molecule has 0 radical (unpaired) electrons. The summed E-state index contributed by atoms with van der Waals surface area (Å²) >= 11 is 6.41. The van der Waals surface area contributed by atoms with Gasteiger partial charge in [0.05, 0.1) is 0 Å². The number of hydrogen-bond donors (Lipinski definition) is 0. The van der Waals surface area contributed by atoms with Crippen LogP contribution in [0.1, 0.15) is 25.0 Å². The lowest BCUT2D eigenvalue weighted by Gasteiger charge is -2.20. The Morgan fingerprint density at radius 1 is 1.14 bits per heavy atom. The minimum absolute atomic E-state index is 0.322. The molecule has 0 spiro atoms. The molecule has 0 fully saturated rings. The number of rotatable bonds is 2. The summed E-state index contributed by atoms with van der Waals surface area (Å²) in [5, 5.41) is 0.322. The van der Waals surface area contributed by atoms with E-state index in [4.69, 9.17) is 11.6 Å². The summed E-state index contributed by atoms with van der Waals surface area (Å²) in [6.07, 6.45) is 2.34. The van der Waals surface area contributed by atoms with Crippen molar-refractivity contribution in [3.8, 4) is 0 Å². The summed E-state index contributed by atoms with van der Waals surface area (Å²) < 4.78 is 0. The zero-order valence-electron chi connectivity index (χ0n) is 8.83. The second kappa shape index (κ2) is 3.94. The molecule has 1 atom stereocenters. The van der Waals surface area contributed by atoms with Crippen molar-refractivity contribution in [1.82, 2.24) is 0 Å². The van der Waals surface area contributed by atoms with Gasteiger partial charge in [0.25, 0.3) is 0 Å². The predicted molar refractivity (Wildman–Crippen MR) is 61.8 cm³/mol. The van der Waals surface area contributed by atoms with Crippen molar-refractivity contribution in [3.05, 3.63) is 35.4 Å². The molecule has 0 saturated carbocycles. The number of fused-ring (bicyclic) bond motifs is 1. The van der Waals surface area contributed by atoms with Crippen LogP contribution in [0.25, 0.3) is 0 Å². The third-order valence-corrected chi connectivity index (χ3v) is 4.03. The number of benzene rings is 1. The molecule has 1 aliphatic rings. The lowest BCUT2D eigenvalue weighted by molar-refractivity contribution is 0.436. The third kappa shape index (κ3) is 1.81. The normalized spacial score (nSPS) is 18.6. The van der Waals surface area contributed by atoms with Crippen LogP contribution in [-0.2, 0) is 12.8 Å². The van der Waals surface area contributed by atoms with Crippen LogP contribution in [0.3, 0.4) is 0 Å². The fourth-order valence-electron chi connectivity index (χ4n) is 2.36. The molecule has 1 unspecified atom stereocenters. The number of hydrogen-bond acceptors (Lipinski definition) is 0. The summed E-state index contributed by atoms with van der Waals surface area (Å²) in [5.74, 6) is 1.23. The Balaban J connectivity index is 2.12. The Bertz CT molecular complexity index is 292. The maximum Gasteiger partial charge on any atom is 0.0393 e. The van der Waals surface area contributed by atoms with Crippen molar-refractivity contribution >= 4 is 11.6 Å². The molecule has 14 heavy (non-hydrogen) atoms. The molecule has 0 N–H and O–H groups in total.